The zero-order chi connectivity index (χ0) is 19.9. The van der Waals surface area contributed by atoms with E-state index in [2.05, 4.69) is 64.6 Å². The van der Waals surface area contributed by atoms with Crippen molar-refractivity contribution in [1.82, 2.24) is 14.9 Å². The van der Waals surface area contributed by atoms with Crippen LogP contribution >= 0.6 is 50.3 Å². The van der Waals surface area contributed by atoms with Gasteiger partial charge in [-0.15, -0.1) is 10.2 Å². The molecular weight excluding hydrogens is 557 g/mol. The van der Waals surface area contributed by atoms with Gasteiger partial charge >= 0.3 is 0 Å². The summed E-state index contributed by atoms with van der Waals surface area (Å²) in [6.45, 7) is 0. The van der Waals surface area contributed by atoms with Gasteiger partial charge in [0, 0.05) is 13.7 Å². The number of nitrogen functional groups attached to an aromatic ring is 1. The van der Waals surface area contributed by atoms with Gasteiger partial charge in [0.2, 0.25) is 11.1 Å². The summed E-state index contributed by atoms with van der Waals surface area (Å²) in [6, 6.07) is 15.2. The fourth-order valence-corrected chi connectivity index (χ4v) is 3.50. The third-order valence-corrected chi connectivity index (χ3v) is 5.51. The lowest BCUT2D eigenvalue weighted by Crippen LogP contribution is -2.16. The second-order valence-corrected chi connectivity index (χ2v) is 8.55. The molecule has 0 aliphatic carbocycles. The summed E-state index contributed by atoms with van der Waals surface area (Å²) in [6.07, 6.45) is 1.64. The van der Waals surface area contributed by atoms with Crippen molar-refractivity contribution in [3.63, 3.8) is 0 Å². The van der Waals surface area contributed by atoms with Crippen molar-refractivity contribution in [2.45, 2.75) is 5.16 Å². The Balaban J connectivity index is 1.52. The number of nitrogens with one attached hydrogen (secondary N) is 2. The van der Waals surface area contributed by atoms with E-state index in [0.717, 1.165) is 19.3 Å². The van der Waals surface area contributed by atoms with Crippen LogP contribution in [-0.4, -0.2) is 32.7 Å². The number of nitrogens with two attached hydrogens (primary N) is 1. The van der Waals surface area contributed by atoms with Crippen LogP contribution in [0.1, 0.15) is 5.56 Å². The quantitative estimate of drug-likeness (QED) is 0.132. The molecule has 0 saturated carbocycles. The molecule has 3 aromatic rings. The molecule has 4 N–H and O–H groups in total. The van der Waals surface area contributed by atoms with Crippen LogP contribution in [0.25, 0.3) is 0 Å². The lowest BCUT2D eigenvalue weighted by molar-refractivity contribution is -0.113. The number of amides is 1. The van der Waals surface area contributed by atoms with E-state index in [1.807, 2.05) is 48.5 Å². The maximum Gasteiger partial charge on any atom is 0.264 e. The molecule has 0 bridgehead atoms. The van der Waals surface area contributed by atoms with Gasteiger partial charge in [-0.2, -0.15) is 5.10 Å². The van der Waals surface area contributed by atoms with E-state index in [0.29, 0.717) is 5.16 Å². The van der Waals surface area contributed by atoms with Crippen molar-refractivity contribution in [1.29, 1.82) is 0 Å². The summed E-state index contributed by atoms with van der Waals surface area (Å²) < 4.78 is 3.31. The standard InChI is InChI=1S/C17H15BrIN7OS/c18-12-3-1-2-11(8-12)9-21-23-16-24-25-17(26(16)20)28-10-15(27)22-14-6-4-13(19)5-7-14/h1-9H,10,20H2,(H,22,27)(H,23,24)/b21-9+. The highest BCUT2D eigenvalue weighted by Gasteiger charge is 2.12. The number of nitrogens with zero attached hydrogens (tertiary/aromatic N) is 4. The molecule has 0 spiro atoms. The number of hydrogen-bond donors (Lipinski definition) is 3. The highest BCUT2D eigenvalue weighted by Crippen LogP contribution is 2.18. The first-order valence-corrected chi connectivity index (χ1v) is 10.8. The molecule has 1 amide bonds. The van der Waals surface area contributed by atoms with E-state index in [4.69, 9.17) is 5.84 Å². The minimum Gasteiger partial charge on any atom is -0.334 e. The SMILES string of the molecule is Nn1c(N/N=C/c2cccc(Br)c2)nnc1SCC(=O)Nc1ccc(I)cc1. The molecule has 0 fully saturated rings. The first kappa shape index (κ1) is 20.6. The first-order valence-electron chi connectivity index (χ1n) is 7.94. The number of carbonyl (C=O) groups excluding carboxylic acids is 1. The molecule has 3 rings (SSSR count). The molecule has 0 unspecified atom stereocenters. The third-order valence-electron chi connectivity index (χ3n) is 3.35. The Labute approximate surface area is 187 Å². The molecule has 1 heterocycles. The van der Waals surface area contributed by atoms with Gasteiger partial charge in [-0.3, -0.25) is 4.79 Å². The van der Waals surface area contributed by atoms with Crippen LogP contribution in [0.15, 0.2) is 63.3 Å². The normalized spacial score (nSPS) is 10.9. The lowest BCUT2D eigenvalue weighted by atomic mass is 10.2. The Bertz CT molecular complexity index is 993. The van der Waals surface area contributed by atoms with Gasteiger partial charge in [-0.25, -0.2) is 10.1 Å². The van der Waals surface area contributed by atoms with Crippen molar-refractivity contribution in [2.75, 3.05) is 22.3 Å². The monoisotopic (exact) mass is 571 g/mol. The topological polar surface area (TPSA) is 110 Å². The summed E-state index contributed by atoms with van der Waals surface area (Å²) in [5, 5.41) is 15.2. The molecule has 0 aliphatic rings. The van der Waals surface area contributed by atoms with E-state index in [-0.39, 0.29) is 17.6 Å². The molecule has 8 nitrogen and oxygen atoms in total. The van der Waals surface area contributed by atoms with Crippen LogP contribution in [0.4, 0.5) is 11.6 Å². The maximum atomic E-state index is 12.1. The van der Waals surface area contributed by atoms with E-state index in [1.54, 1.807) is 6.21 Å². The predicted octanol–water partition coefficient (Wildman–Crippen LogP) is 3.54. The fraction of sp³-hybridized carbons (Fsp3) is 0.0588. The number of thioether (sulfide) groups is 1. The highest BCUT2D eigenvalue weighted by molar-refractivity contribution is 14.1. The number of hydrogen-bond acceptors (Lipinski definition) is 7. The van der Waals surface area contributed by atoms with Crippen LogP contribution in [0.3, 0.4) is 0 Å². The first-order chi connectivity index (χ1) is 13.5. The summed E-state index contributed by atoms with van der Waals surface area (Å²) in [7, 11) is 0. The Morgan fingerprint density at radius 2 is 2.07 bits per heavy atom. The number of hydrazone groups is 1. The summed E-state index contributed by atoms with van der Waals surface area (Å²) in [4.78, 5) is 12.1. The molecular formula is C17H15BrIN7OS. The van der Waals surface area contributed by atoms with Crippen molar-refractivity contribution in [3.8, 4) is 0 Å². The minimum atomic E-state index is -0.156. The molecule has 0 aliphatic heterocycles. The van der Waals surface area contributed by atoms with E-state index >= 15 is 0 Å². The van der Waals surface area contributed by atoms with Gasteiger partial charge in [0.05, 0.1) is 12.0 Å². The third kappa shape index (κ3) is 5.94. The molecule has 0 radical (unpaired) electrons. The zero-order valence-corrected chi connectivity index (χ0v) is 18.9. The summed E-state index contributed by atoms with van der Waals surface area (Å²) in [5.74, 6) is 6.23. The Morgan fingerprint density at radius 1 is 1.29 bits per heavy atom. The van der Waals surface area contributed by atoms with Gasteiger partial charge in [0.1, 0.15) is 0 Å². The number of halogens is 2. The number of carbonyl (C=O) groups is 1. The van der Waals surface area contributed by atoms with Gasteiger partial charge in [-0.1, -0.05) is 39.8 Å². The molecule has 28 heavy (non-hydrogen) atoms. The van der Waals surface area contributed by atoms with Crippen LogP contribution < -0.4 is 16.6 Å². The maximum absolute atomic E-state index is 12.1. The Hall–Kier alpha value is -2.12. The molecule has 2 aromatic carbocycles. The largest absolute Gasteiger partial charge is 0.334 e. The number of rotatable bonds is 7. The molecule has 144 valence electrons. The number of benzene rings is 2. The van der Waals surface area contributed by atoms with Crippen LogP contribution in [0, 0.1) is 3.57 Å². The molecule has 0 saturated heterocycles. The van der Waals surface area contributed by atoms with Crippen LogP contribution in [0.2, 0.25) is 0 Å². The Kier molecular flexibility index (Phi) is 7.28. The fourth-order valence-electron chi connectivity index (χ4n) is 2.06. The average Bonchev–Trinajstić information content (AvgIpc) is 3.02. The van der Waals surface area contributed by atoms with Crippen molar-refractivity contribution in [3.05, 3.63) is 62.1 Å². The highest BCUT2D eigenvalue weighted by atomic mass is 127. The summed E-state index contributed by atoms with van der Waals surface area (Å²) in [5.41, 5.74) is 4.39. The van der Waals surface area contributed by atoms with E-state index in [9.17, 15) is 4.79 Å². The second kappa shape index (κ2) is 9.89. The van der Waals surface area contributed by atoms with E-state index < -0.39 is 0 Å². The summed E-state index contributed by atoms with van der Waals surface area (Å²) >= 11 is 6.79. The minimum absolute atomic E-state index is 0.155. The molecule has 0 atom stereocenters. The predicted molar refractivity (Wildman–Crippen MR) is 124 cm³/mol. The zero-order valence-electron chi connectivity index (χ0n) is 14.3. The van der Waals surface area contributed by atoms with Crippen molar-refractivity contribution >= 4 is 74.0 Å². The smallest absolute Gasteiger partial charge is 0.264 e. The van der Waals surface area contributed by atoms with Crippen LogP contribution in [-0.2, 0) is 4.79 Å². The second-order valence-electron chi connectivity index (χ2n) is 5.44. The molecule has 1 aromatic heterocycles. The van der Waals surface area contributed by atoms with Gasteiger partial charge in [-0.05, 0) is 64.6 Å². The van der Waals surface area contributed by atoms with Gasteiger partial charge in [0.25, 0.3) is 5.95 Å². The number of anilines is 2. The Morgan fingerprint density at radius 3 is 2.82 bits per heavy atom. The van der Waals surface area contributed by atoms with Crippen LogP contribution in [0.5, 0.6) is 0 Å². The van der Waals surface area contributed by atoms with Gasteiger partial charge < -0.3 is 11.2 Å². The lowest BCUT2D eigenvalue weighted by Gasteiger charge is -2.05. The average molecular weight is 572 g/mol. The van der Waals surface area contributed by atoms with Crippen molar-refractivity contribution < 1.29 is 4.79 Å². The molecule has 11 heteroatoms. The van der Waals surface area contributed by atoms with E-state index in [1.165, 1.54) is 16.4 Å². The number of aromatic nitrogens is 3. The van der Waals surface area contributed by atoms with Gasteiger partial charge in [0.15, 0.2) is 0 Å². The van der Waals surface area contributed by atoms with Crippen molar-refractivity contribution in [2.24, 2.45) is 5.10 Å².